The number of nitrogens with one attached hydrogen (secondary N) is 1. The fourth-order valence-electron chi connectivity index (χ4n) is 10.2. The average Bonchev–Trinajstić information content (AvgIpc) is 3.22. The first kappa shape index (κ1) is 55.6. The molecule has 0 radical (unpaired) electrons. The van der Waals surface area contributed by atoms with Gasteiger partial charge >= 0.3 is 11.9 Å². The third kappa shape index (κ3) is 14.0. The lowest BCUT2D eigenvalue weighted by Crippen LogP contribution is -2.61. The van der Waals surface area contributed by atoms with E-state index in [4.69, 9.17) is 44.8 Å². The standard InChI is InChI=1S/C48H82ClN3O13/c1-15-36-48(10,58)43(63-37(53)19-20-50-25-33-17-16-18-34(49)22-33)31(6)52(13)26-27(2)23-46(8,57)42(65-45-39(54)35(51(11)12)21-28(3)60-45)29(4)40(30(5)44(56)62-36)64-38-24-47(9,59-14)41(55)32(7)61-38/h16-18,22,27-32,35-36,38-43,45,50,54-55,57-58H,15,19-21,23-26H2,1-14H3/t27-,28-,29+,30-,31+,32+,35+,36+,38+,39-,40+,41+,42-,43-,45+,46+,47-,48-/m1/s1. The number of likely N-dealkylation sites (N-methyl/N-ethyl adjacent to an activating group) is 2. The minimum atomic E-state index is -1.88. The molecule has 4 rings (SSSR count). The van der Waals surface area contributed by atoms with E-state index in [2.05, 4.69) is 5.32 Å². The molecule has 0 unspecified atom stereocenters. The molecule has 1 aromatic carbocycles. The van der Waals surface area contributed by atoms with Crippen LogP contribution in [0, 0.1) is 17.8 Å². The number of hydrogen-bond acceptors (Lipinski definition) is 16. The summed E-state index contributed by atoms with van der Waals surface area (Å²) < 4.78 is 44.3. The van der Waals surface area contributed by atoms with Crippen molar-refractivity contribution in [3.63, 3.8) is 0 Å². The molecule has 65 heavy (non-hydrogen) atoms. The maximum Gasteiger partial charge on any atom is 0.311 e. The second kappa shape index (κ2) is 23.5. The predicted molar refractivity (Wildman–Crippen MR) is 246 cm³/mol. The SMILES string of the molecule is CC[C@@H]1OC(=O)[C@H](C)[C@@H](O[C@H]2C[C@@](C)(OC)[C@@H](O)[C@H](C)O2)[C@H](C)[C@@H](O[C@@H]2O[C@H](C)C[C@H](N(C)C)[C@H]2O)[C@@](C)(O)C[C@@H](C)CN(C)[C@@H](C)[C@@H](OC(=O)CCNCc2cccc(Cl)c2)[C@]1(C)O. The number of benzene rings is 1. The van der Waals surface area contributed by atoms with Crippen molar-refractivity contribution in [1.29, 1.82) is 0 Å². The van der Waals surface area contributed by atoms with Gasteiger partial charge in [-0.25, -0.2) is 0 Å². The molecule has 374 valence electrons. The van der Waals surface area contributed by atoms with Gasteiger partial charge in [-0.1, -0.05) is 44.5 Å². The second-order valence-corrected chi connectivity index (χ2v) is 20.6. The van der Waals surface area contributed by atoms with Crippen LogP contribution in [0.25, 0.3) is 0 Å². The number of esters is 2. The normalized spacial score (nSPS) is 41.9. The Labute approximate surface area is 392 Å². The minimum Gasteiger partial charge on any atom is -0.459 e. The molecule has 5 N–H and O–H groups in total. The van der Waals surface area contributed by atoms with Crippen molar-refractivity contribution in [2.45, 2.75) is 198 Å². The third-order valence-electron chi connectivity index (χ3n) is 14.1. The Kier molecular flexibility index (Phi) is 20.1. The predicted octanol–water partition coefficient (Wildman–Crippen LogP) is 4.28. The van der Waals surface area contributed by atoms with E-state index >= 15 is 0 Å². The van der Waals surface area contributed by atoms with Gasteiger partial charge in [-0.05, 0) is 112 Å². The molecule has 1 aromatic rings. The smallest absolute Gasteiger partial charge is 0.311 e. The van der Waals surface area contributed by atoms with E-state index in [0.717, 1.165) is 5.56 Å². The number of ether oxygens (including phenoxy) is 7. The highest BCUT2D eigenvalue weighted by Gasteiger charge is 2.53. The van der Waals surface area contributed by atoms with Crippen LogP contribution in [0.3, 0.4) is 0 Å². The molecule has 3 heterocycles. The van der Waals surface area contributed by atoms with Gasteiger partial charge in [0.15, 0.2) is 12.6 Å². The molecular formula is C48H82ClN3O13. The van der Waals surface area contributed by atoms with Gasteiger partial charge in [-0.3, -0.25) is 14.5 Å². The summed E-state index contributed by atoms with van der Waals surface area (Å²) in [6.45, 7) is 18.8. The number of cyclic esters (lactones) is 1. The molecule has 0 aliphatic carbocycles. The zero-order valence-corrected chi connectivity index (χ0v) is 42.1. The van der Waals surface area contributed by atoms with Gasteiger partial charge in [0.1, 0.15) is 30.0 Å². The minimum absolute atomic E-state index is 0.00321. The summed E-state index contributed by atoms with van der Waals surface area (Å²) in [5.41, 5.74) is -3.60. The summed E-state index contributed by atoms with van der Waals surface area (Å²) in [6.07, 6.45) is -8.64. The molecule has 3 aliphatic rings. The van der Waals surface area contributed by atoms with Crippen LogP contribution in [0.1, 0.15) is 107 Å². The topological polar surface area (TPSA) is 198 Å². The van der Waals surface area contributed by atoms with Crippen LogP contribution in [0.2, 0.25) is 5.02 Å². The molecule has 17 heteroatoms. The van der Waals surface area contributed by atoms with Crippen LogP contribution in [-0.2, 0) is 49.3 Å². The quantitative estimate of drug-likeness (QED) is 0.139. The molecule has 0 bridgehead atoms. The Balaban J connectivity index is 1.75. The number of carbonyl (C=O) groups excluding carboxylic acids is 2. The zero-order chi connectivity index (χ0) is 48.8. The van der Waals surface area contributed by atoms with Gasteiger partial charge in [0.25, 0.3) is 0 Å². The molecule has 3 fully saturated rings. The molecule has 0 aromatic heterocycles. The first-order valence-corrected chi connectivity index (χ1v) is 23.8. The number of carbonyl (C=O) groups is 2. The summed E-state index contributed by atoms with van der Waals surface area (Å²) in [6, 6.07) is 6.53. The molecule has 0 saturated carbocycles. The monoisotopic (exact) mass is 944 g/mol. The van der Waals surface area contributed by atoms with Crippen LogP contribution in [0.15, 0.2) is 24.3 Å². The highest BCUT2D eigenvalue weighted by atomic mass is 35.5. The fraction of sp³-hybridized carbons (Fsp3) is 0.833. The lowest BCUT2D eigenvalue weighted by atomic mass is 9.77. The fourth-order valence-corrected chi connectivity index (χ4v) is 10.4. The average molecular weight is 945 g/mol. The van der Waals surface area contributed by atoms with Gasteiger partial charge in [-0.15, -0.1) is 0 Å². The highest BCUT2D eigenvalue weighted by Crippen LogP contribution is 2.40. The Morgan fingerprint density at radius 2 is 1.69 bits per heavy atom. The molecule has 16 nitrogen and oxygen atoms in total. The van der Waals surface area contributed by atoms with Gasteiger partial charge in [0, 0.05) is 56.2 Å². The second-order valence-electron chi connectivity index (χ2n) is 20.2. The number of nitrogens with zero attached hydrogens (tertiary/aromatic N) is 2. The summed E-state index contributed by atoms with van der Waals surface area (Å²) in [7, 11) is 7.12. The number of aliphatic hydroxyl groups excluding tert-OH is 2. The van der Waals surface area contributed by atoms with E-state index in [-0.39, 0.29) is 43.7 Å². The maximum atomic E-state index is 14.7. The summed E-state index contributed by atoms with van der Waals surface area (Å²) in [5.74, 6) is -3.36. The Morgan fingerprint density at radius 3 is 2.31 bits per heavy atom. The van der Waals surface area contributed by atoms with Crippen molar-refractivity contribution in [3.05, 3.63) is 34.9 Å². The van der Waals surface area contributed by atoms with E-state index in [9.17, 15) is 30.0 Å². The number of methoxy groups -OCH3 is 1. The van der Waals surface area contributed by atoms with Crippen molar-refractivity contribution in [3.8, 4) is 0 Å². The lowest BCUT2D eigenvalue weighted by Gasteiger charge is -2.48. The molecular weight excluding hydrogens is 862 g/mol. The molecule has 18 atom stereocenters. The van der Waals surface area contributed by atoms with Crippen molar-refractivity contribution in [1.82, 2.24) is 15.1 Å². The number of hydrogen-bond donors (Lipinski definition) is 5. The number of rotatable bonds is 13. The van der Waals surface area contributed by atoms with E-state index in [0.29, 0.717) is 31.1 Å². The van der Waals surface area contributed by atoms with Crippen molar-refractivity contribution in [2.75, 3.05) is 41.3 Å². The summed E-state index contributed by atoms with van der Waals surface area (Å²) >= 11 is 6.15. The molecule has 0 spiro atoms. The first-order valence-electron chi connectivity index (χ1n) is 23.5. The van der Waals surface area contributed by atoms with Crippen LogP contribution < -0.4 is 5.32 Å². The molecule has 0 amide bonds. The first-order chi connectivity index (χ1) is 30.3. The number of halogens is 1. The van der Waals surface area contributed by atoms with E-state index in [1.165, 1.54) is 14.0 Å². The van der Waals surface area contributed by atoms with E-state index in [1.54, 1.807) is 40.7 Å². The van der Waals surface area contributed by atoms with E-state index in [1.807, 2.05) is 76.8 Å². The molecule has 3 saturated heterocycles. The summed E-state index contributed by atoms with van der Waals surface area (Å²) in [5, 5.41) is 51.9. The lowest BCUT2D eigenvalue weighted by molar-refractivity contribution is -0.318. The van der Waals surface area contributed by atoms with Crippen LogP contribution >= 0.6 is 11.6 Å². The molecule has 3 aliphatic heterocycles. The largest absolute Gasteiger partial charge is 0.459 e. The highest BCUT2D eigenvalue weighted by molar-refractivity contribution is 6.30. The Bertz CT molecular complexity index is 1670. The van der Waals surface area contributed by atoms with Crippen LogP contribution in [0.4, 0.5) is 0 Å². The zero-order valence-electron chi connectivity index (χ0n) is 41.4. The van der Waals surface area contributed by atoms with Crippen molar-refractivity contribution < 1.29 is 63.2 Å². The van der Waals surface area contributed by atoms with Crippen LogP contribution in [-0.4, -0.2) is 174 Å². The Morgan fingerprint density at radius 1 is 1.02 bits per heavy atom. The van der Waals surface area contributed by atoms with Gasteiger partial charge in [0.05, 0.1) is 48.0 Å². The maximum absolute atomic E-state index is 14.7. The van der Waals surface area contributed by atoms with Gasteiger partial charge < -0.3 is 63.8 Å². The van der Waals surface area contributed by atoms with E-state index < -0.39 is 102 Å². The van der Waals surface area contributed by atoms with Gasteiger partial charge in [0.2, 0.25) is 0 Å². The van der Waals surface area contributed by atoms with Crippen molar-refractivity contribution >= 4 is 23.5 Å². The van der Waals surface area contributed by atoms with Gasteiger partial charge in [-0.2, -0.15) is 0 Å². The summed E-state index contributed by atoms with van der Waals surface area (Å²) in [4.78, 5) is 32.2. The third-order valence-corrected chi connectivity index (χ3v) is 14.4. The van der Waals surface area contributed by atoms with Crippen molar-refractivity contribution in [2.24, 2.45) is 17.8 Å². The number of aliphatic hydroxyl groups is 4. The van der Waals surface area contributed by atoms with Crippen LogP contribution in [0.5, 0.6) is 0 Å². The Hall–Kier alpha value is -2.03.